The SMILES string of the molecule is CCCN1C(=O)COc2ccc(-c3noc(-c4ccccc4C(F)(F)F)n3)cc21. The van der Waals surface area contributed by atoms with Crippen molar-refractivity contribution in [3.63, 3.8) is 0 Å². The van der Waals surface area contributed by atoms with Crippen LogP contribution in [0.2, 0.25) is 0 Å². The molecule has 0 atom stereocenters. The van der Waals surface area contributed by atoms with Gasteiger partial charge in [0.1, 0.15) is 5.75 Å². The number of carbonyl (C=O) groups is 1. The van der Waals surface area contributed by atoms with Crippen LogP contribution in [0, 0.1) is 0 Å². The molecular formula is C20H16F3N3O3. The Morgan fingerprint density at radius 1 is 1.17 bits per heavy atom. The first-order valence-electron chi connectivity index (χ1n) is 8.96. The van der Waals surface area contributed by atoms with Gasteiger partial charge in [0.15, 0.2) is 6.61 Å². The Balaban J connectivity index is 1.73. The summed E-state index contributed by atoms with van der Waals surface area (Å²) in [6.07, 6.45) is -3.79. The molecule has 2 aromatic carbocycles. The van der Waals surface area contributed by atoms with E-state index in [0.29, 0.717) is 23.5 Å². The third kappa shape index (κ3) is 3.55. The van der Waals surface area contributed by atoms with Crippen molar-refractivity contribution in [3.05, 3.63) is 48.0 Å². The van der Waals surface area contributed by atoms with Gasteiger partial charge in [0.2, 0.25) is 5.82 Å². The van der Waals surface area contributed by atoms with Crippen LogP contribution in [-0.4, -0.2) is 29.2 Å². The van der Waals surface area contributed by atoms with Crippen molar-refractivity contribution in [3.8, 4) is 28.6 Å². The first kappa shape index (κ1) is 19.0. The fourth-order valence-corrected chi connectivity index (χ4v) is 3.18. The van der Waals surface area contributed by atoms with E-state index in [-0.39, 0.29) is 29.8 Å². The van der Waals surface area contributed by atoms with Gasteiger partial charge in [-0.05, 0) is 36.8 Å². The third-order valence-corrected chi connectivity index (χ3v) is 4.50. The molecule has 1 amide bonds. The first-order valence-corrected chi connectivity index (χ1v) is 8.96. The zero-order valence-electron chi connectivity index (χ0n) is 15.4. The van der Waals surface area contributed by atoms with E-state index in [4.69, 9.17) is 9.26 Å². The predicted octanol–water partition coefficient (Wildman–Crippen LogP) is 4.56. The van der Waals surface area contributed by atoms with Gasteiger partial charge < -0.3 is 14.2 Å². The summed E-state index contributed by atoms with van der Waals surface area (Å²) in [5.74, 6) is 0.273. The van der Waals surface area contributed by atoms with Crippen molar-refractivity contribution >= 4 is 11.6 Å². The molecule has 0 aliphatic carbocycles. The highest BCUT2D eigenvalue weighted by Crippen LogP contribution is 2.38. The molecule has 0 radical (unpaired) electrons. The summed E-state index contributed by atoms with van der Waals surface area (Å²) < 4.78 is 50.3. The number of benzene rings is 2. The van der Waals surface area contributed by atoms with Gasteiger partial charge >= 0.3 is 6.18 Å². The maximum atomic E-state index is 13.3. The van der Waals surface area contributed by atoms with Crippen LogP contribution in [-0.2, 0) is 11.0 Å². The summed E-state index contributed by atoms with van der Waals surface area (Å²) in [4.78, 5) is 17.9. The summed E-state index contributed by atoms with van der Waals surface area (Å²) >= 11 is 0. The third-order valence-electron chi connectivity index (χ3n) is 4.50. The predicted molar refractivity (Wildman–Crippen MR) is 98.3 cm³/mol. The van der Waals surface area contributed by atoms with Crippen LogP contribution < -0.4 is 9.64 Å². The highest BCUT2D eigenvalue weighted by Gasteiger charge is 2.35. The molecule has 0 fully saturated rings. The molecule has 3 aromatic rings. The van der Waals surface area contributed by atoms with Crippen LogP contribution >= 0.6 is 0 Å². The largest absolute Gasteiger partial charge is 0.482 e. The van der Waals surface area contributed by atoms with E-state index in [2.05, 4.69) is 10.1 Å². The number of ether oxygens (including phenoxy) is 1. The number of alkyl halides is 3. The van der Waals surface area contributed by atoms with Crippen LogP contribution in [0.1, 0.15) is 18.9 Å². The minimum absolute atomic E-state index is 0.0348. The van der Waals surface area contributed by atoms with Gasteiger partial charge in [0.25, 0.3) is 11.8 Å². The number of halogens is 3. The molecule has 1 aliphatic heterocycles. The fraction of sp³-hybridized carbons (Fsp3) is 0.250. The summed E-state index contributed by atoms with van der Waals surface area (Å²) in [5.41, 5.74) is 0.0295. The van der Waals surface area contributed by atoms with Gasteiger partial charge in [-0.1, -0.05) is 24.2 Å². The van der Waals surface area contributed by atoms with Gasteiger partial charge in [0.05, 0.1) is 16.8 Å². The molecular weight excluding hydrogens is 387 g/mol. The van der Waals surface area contributed by atoms with Crippen molar-refractivity contribution < 1.29 is 27.2 Å². The van der Waals surface area contributed by atoms with E-state index >= 15 is 0 Å². The van der Waals surface area contributed by atoms with Gasteiger partial charge in [-0.25, -0.2) is 0 Å². The highest BCUT2D eigenvalue weighted by molar-refractivity contribution is 5.98. The van der Waals surface area contributed by atoms with Gasteiger partial charge in [-0.15, -0.1) is 0 Å². The van der Waals surface area contributed by atoms with Crippen LogP contribution in [0.15, 0.2) is 47.0 Å². The molecule has 9 heteroatoms. The average Bonchev–Trinajstić information content (AvgIpc) is 3.19. The lowest BCUT2D eigenvalue weighted by atomic mass is 10.1. The fourth-order valence-electron chi connectivity index (χ4n) is 3.18. The lowest BCUT2D eigenvalue weighted by Gasteiger charge is -2.29. The number of rotatable bonds is 4. The minimum atomic E-state index is -4.55. The number of fused-ring (bicyclic) bond motifs is 1. The van der Waals surface area contributed by atoms with Crippen LogP contribution in [0.5, 0.6) is 5.75 Å². The van der Waals surface area contributed by atoms with Gasteiger partial charge in [0, 0.05) is 12.1 Å². The molecule has 1 aliphatic rings. The number of aromatic nitrogens is 2. The Bertz CT molecular complexity index is 1060. The van der Waals surface area contributed by atoms with E-state index in [1.165, 1.54) is 18.2 Å². The van der Waals surface area contributed by atoms with E-state index in [0.717, 1.165) is 12.5 Å². The molecule has 0 unspecified atom stereocenters. The molecule has 1 aromatic heterocycles. The lowest BCUT2D eigenvalue weighted by Crippen LogP contribution is -2.39. The number of carbonyl (C=O) groups excluding carboxylic acids is 1. The summed E-state index contributed by atoms with van der Waals surface area (Å²) in [5, 5.41) is 3.83. The molecule has 0 saturated carbocycles. The summed E-state index contributed by atoms with van der Waals surface area (Å²) in [7, 11) is 0. The Labute approximate surface area is 163 Å². The standard InChI is InChI=1S/C20H16F3N3O3/c1-2-9-26-15-10-12(7-8-16(15)28-11-17(26)27)18-24-19(29-25-18)13-5-3-4-6-14(13)20(21,22)23/h3-8,10H,2,9,11H2,1H3. The minimum Gasteiger partial charge on any atom is -0.482 e. The smallest absolute Gasteiger partial charge is 0.417 e. The van der Waals surface area contributed by atoms with Crippen molar-refractivity contribution in [1.29, 1.82) is 0 Å². The second kappa shape index (κ2) is 7.23. The van der Waals surface area contributed by atoms with Crippen LogP contribution in [0.4, 0.5) is 18.9 Å². The van der Waals surface area contributed by atoms with Crippen molar-refractivity contribution in [2.24, 2.45) is 0 Å². The Morgan fingerprint density at radius 3 is 2.72 bits per heavy atom. The highest BCUT2D eigenvalue weighted by atomic mass is 19.4. The second-order valence-corrected chi connectivity index (χ2v) is 6.48. The van der Waals surface area contributed by atoms with E-state index in [1.54, 1.807) is 23.1 Å². The second-order valence-electron chi connectivity index (χ2n) is 6.48. The molecule has 6 nitrogen and oxygen atoms in total. The Morgan fingerprint density at radius 2 is 1.97 bits per heavy atom. The molecule has 0 saturated heterocycles. The lowest BCUT2D eigenvalue weighted by molar-refractivity contribution is -0.137. The molecule has 2 heterocycles. The Kier molecular flexibility index (Phi) is 4.73. The topological polar surface area (TPSA) is 68.5 Å². The maximum Gasteiger partial charge on any atom is 0.417 e. The molecule has 150 valence electrons. The zero-order chi connectivity index (χ0) is 20.6. The molecule has 0 spiro atoms. The zero-order valence-corrected chi connectivity index (χ0v) is 15.4. The molecule has 4 rings (SSSR count). The van der Waals surface area contributed by atoms with E-state index in [9.17, 15) is 18.0 Å². The monoisotopic (exact) mass is 403 g/mol. The van der Waals surface area contributed by atoms with Crippen molar-refractivity contribution in [2.45, 2.75) is 19.5 Å². The summed E-state index contributed by atoms with van der Waals surface area (Å²) in [6, 6.07) is 10.0. The quantitative estimate of drug-likeness (QED) is 0.639. The summed E-state index contributed by atoms with van der Waals surface area (Å²) in [6.45, 7) is 2.44. The molecule has 0 bridgehead atoms. The number of nitrogens with zero attached hydrogens (tertiary/aromatic N) is 3. The number of hydrogen-bond donors (Lipinski definition) is 0. The van der Waals surface area contributed by atoms with E-state index < -0.39 is 11.7 Å². The van der Waals surface area contributed by atoms with Crippen LogP contribution in [0.25, 0.3) is 22.8 Å². The Hall–Kier alpha value is -3.36. The van der Waals surface area contributed by atoms with Gasteiger partial charge in [-0.2, -0.15) is 18.2 Å². The average molecular weight is 403 g/mol. The number of anilines is 1. The first-order chi connectivity index (χ1) is 13.9. The van der Waals surface area contributed by atoms with Crippen LogP contribution in [0.3, 0.4) is 0 Å². The maximum absolute atomic E-state index is 13.3. The number of amides is 1. The normalized spacial score (nSPS) is 13.9. The van der Waals surface area contributed by atoms with E-state index in [1.807, 2.05) is 6.92 Å². The van der Waals surface area contributed by atoms with Crippen molar-refractivity contribution in [1.82, 2.24) is 10.1 Å². The number of hydrogen-bond acceptors (Lipinski definition) is 5. The van der Waals surface area contributed by atoms with Crippen molar-refractivity contribution in [2.75, 3.05) is 18.1 Å². The molecule has 29 heavy (non-hydrogen) atoms. The van der Waals surface area contributed by atoms with Gasteiger partial charge in [-0.3, -0.25) is 4.79 Å². The molecule has 0 N–H and O–H groups in total.